The van der Waals surface area contributed by atoms with E-state index in [0.717, 1.165) is 38.3 Å². The Morgan fingerprint density at radius 3 is 2.67 bits per heavy atom. The van der Waals surface area contributed by atoms with Crippen molar-refractivity contribution in [3.05, 3.63) is 47.2 Å². The molecule has 2 aliphatic rings. The van der Waals surface area contributed by atoms with Gasteiger partial charge in [0.2, 0.25) is 0 Å². The molecule has 0 bridgehead atoms. The third-order valence-corrected chi connectivity index (χ3v) is 5.35. The van der Waals surface area contributed by atoms with Gasteiger partial charge >= 0.3 is 12.0 Å². The quantitative estimate of drug-likeness (QED) is 0.723. The molecule has 146 valence electrons. The Balaban J connectivity index is 1.51. The van der Waals surface area contributed by atoms with Crippen molar-refractivity contribution in [2.75, 3.05) is 32.8 Å². The number of ether oxygens (including phenoxy) is 1. The van der Waals surface area contributed by atoms with Gasteiger partial charge in [0, 0.05) is 12.2 Å². The van der Waals surface area contributed by atoms with Crippen LogP contribution < -0.4 is 10.6 Å². The molecule has 27 heavy (non-hydrogen) atoms. The fourth-order valence-corrected chi connectivity index (χ4v) is 3.75. The highest BCUT2D eigenvalue weighted by Gasteiger charge is 2.26. The van der Waals surface area contributed by atoms with E-state index in [2.05, 4.69) is 45.9 Å². The number of hydrogen-bond donors (Lipinski definition) is 2. The summed E-state index contributed by atoms with van der Waals surface area (Å²) in [4.78, 5) is 26.1. The standard InChI is InChI=1S/C21H29N3O3/c1-2-27-20(25)18-14-22-21(26)23-19(18)15-24-12-10-17(11-13-24)9-8-16-6-4-3-5-7-16/h3-7,17H,2,8-15H2,1H3,(H2,22,23,26). The number of nitrogens with one attached hydrogen (secondary N) is 2. The summed E-state index contributed by atoms with van der Waals surface area (Å²) >= 11 is 0. The average molecular weight is 371 g/mol. The number of carbonyl (C=O) groups excluding carboxylic acids is 2. The Kier molecular flexibility index (Phi) is 6.87. The summed E-state index contributed by atoms with van der Waals surface area (Å²) in [5.74, 6) is 0.389. The number of hydrogen-bond acceptors (Lipinski definition) is 4. The van der Waals surface area contributed by atoms with Crippen molar-refractivity contribution >= 4 is 12.0 Å². The molecule has 0 radical (unpaired) electrons. The SMILES string of the molecule is CCOC(=O)C1=C(CN2CCC(CCc3ccccc3)CC2)NC(=O)NC1. The molecule has 2 amide bonds. The van der Waals surface area contributed by atoms with E-state index in [1.807, 2.05) is 0 Å². The molecule has 3 rings (SSSR count). The van der Waals surface area contributed by atoms with Crippen LogP contribution in [0.15, 0.2) is 41.6 Å². The van der Waals surface area contributed by atoms with Gasteiger partial charge in [-0.25, -0.2) is 9.59 Å². The van der Waals surface area contributed by atoms with Crippen molar-refractivity contribution in [1.29, 1.82) is 0 Å². The first-order chi connectivity index (χ1) is 13.2. The number of likely N-dealkylation sites (tertiary alicyclic amines) is 1. The first kappa shape index (κ1) is 19.4. The lowest BCUT2D eigenvalue weighted by molar-refractivity contribution is -0.138. The second-order valence-electron chi connectivity index (χ2n) is 7.23. The lowest BCUT2D eigenvalue weighted by Gasteiger charge is -2.33. The van der Waals surface area contributed by atoms with Crippen LogP contribution in [0, 0.1) is 5.92 Å². The minimum atomic E-state index is -0.349. The molecule has 2 N–H and O–H groups in total. The minimum Gasteiger partial charge on any atom is -0.463 e. The van der Waals surface area contributed by atoms with Crippen LogP contribution in [-0.2, 0) is 16.0 Å². The molecule has 1 aromatic carbocycles. The molecule has 2 heterocycles. The molecule has 1 aromatic rings. The van der Waals surface area contributed by atoms with Crippen LogP contribution in [0.3, 0.4) is 0 Å². The number of rotatable bonds is 7. The van der Waals surface area contributed by atoms with Gasteiger partial charge in [-0.05, 0) is 57.2 Å². The average Bonchev–Trinajstić information content (AvgIpc) is 2.68. The summed E-state index contributed by atoms with van der Waals surface area (Å²) in [5.41, 5.74) is 2.61. The van der Waals surface area contributed by atoms with Gasteiger partial charge in [-0.15, -0.1) is 0 Å². The maximum absolute atomic E-state index is 12.1. The normalized spacial score (nSPS) is 18.8. The Morgan fingerprint density at radius 2 is 1.96 bits per heavy atom. The van der Waals surface area contributed by atoms with E-state index in [-0.39, 0.29) is 18.5 Å². The number of amides is 2. The third kappa shape index (κ3) is 5.57. The molecule has 0 aliphatic carbocycles. The van der Waals surface area contributed by atoms with E-state index in [1.54, 1.807) is 6.92 Å². The van der Waals surface area contributed by atoms with E-state index < -0.39 is 0 Å². The summed E-state index contributed by atoms with van der Waals surface area (Å²) in [6.07, 6.45) is 4.66. The summed E-state index contributed by atoms with van der Waals surface area (Å²) in [6, 6.07) is 10.4. The number of urea groups is 1. The van der Waals surface area contributed by atoms with Crippen molar-refractivity contribution < 1.29 is 14.3 Å². The molecule has 1 saturated heterocycles. The van der Waals surface area contributed by atoms with Crippen molar-refractivity contribution in [3.8, 4) is 0 Å². The molecule has 2 aliphatic heterocycles. The Labute approximate surface area is 161 Å². The molecule has 0 aromatic heterocycles. The number of aryl methyl sites for hydroxylation is 1. The van der Waals surface area contributed by atoms with Crippen LogP contribution in [0.4, 0.5) is 4.79 Å². The molecular formula is C21H29N3O3. The smallest absolute Gasteiger partial charge is 0.337 e. The lowest BCUT2D eigenvalue weighted by Crippen LogP contribution is -2.47. The second kappa shape index (κ2) is 9.55. The molecular weight excluding hydrogens is 342 g/mol. The summed E-state index contributed by atoms with van der Waals surface area (Å²) in [6.45, 7) is 4.91. The van der Waals surface area contributed by atoms with E-state index >= 15 is 0 Å². The maximum Gasteiger partial charge on any atom is 0.337 e. The number of benzene rings is 1. The van der Waals surface area contributed by atoms with Crippen LogP contribution in [0.2, 0.25) is 0 Å². The fourth-order valence-electron chi connectivity index (χ4n) is 3.75. The van der Waals surface area contributed by atoms with Gasteiger partial charge < -0.3 is 15.4 Å². The highest BCUT2D eigenvalue weighted by molar-refractivity contribution is 5.93. The van der Waals surface area contributed by atoms with E-state index in [4.69, 9.17) is 4.74 Å². The van der Waals surface area contributed by atoms with Gasteiger partial charge in [-0.2, -0.15) is 0 Å². The Morgan fingerprint density at radius 1 is 1.22 bits per heavy atom. The molecule has 0 spiro atoms. The van der Waals surface area contributed by atoms with Crippen molar-refractivity contribution in [1.82, 2.24) is 15.5 Å². The van der Waals surface area contributed by atoms with E-state index in [0.29, 0.717) is 24.4 Å². The van der Waals surface area contributed by atoms with Gasteiger partial charge in [-0.1, -0.05) is 30.3 Å². The molecule has 0 unspecified atom stereocenters. The lowest BCUT2D eigenvalue weighted by atomic mass is 9.90. The van der Waals surface area contributed by atoms with Crippen LogP contribution in [-0.4, -0.2) is 49.7 Å². The molecule has 0 saturated carbocycles. The van der Waals surface area contributed by atoms with Crippen LogP contribution in [0.1, 0.15) is 31.7 Å². The topological polar surface area (TPSA) is 70.7 Å². The maximum atomic E-state index is 12.1. The van der Waals surface area contributed by atoms with Crippen LogP contribution in [0.5, 0.6) is 0 Å². The Bertz CT molecular complexity index is 679. The highest BCUT2D eigenvalue weighted by Crippen LogP contribution is 2.23. The van der Waals surface area contributed by atoms with Crippen LogP contribution >= 0.6 is 0 Å². The summed E-state index contributed by atoms with van der Waals surface area (Å²) in [7, 11) is 0. The number of piperidine rings is 1. The predicted octanol–water partition coefficient (Wildman–Crippen LogP) is 2.46. The van der Waals surface area contributed by atoms with Crippen LogP contribution in [0.25, 0.3) is 0 Å². The first-order valence-corrected chi connectivity index (χ1v) is 9.86. The van der Waals surface area contributed by atoms with Crippen molar-refractivity contribution in [2.24, 2.45) is 5.92 Å². The van der Waals surface area contributed by atoms with Gasteiger partial charge in [0.1, 0.15) is 0 Å². The molecule has 1 fully saturated rings. The number of esters is 1. The number of nitrogens with zero attached hydrogens (tertiary/aromatic N) is 1. The summed E-state index contributed by atoms with van der Waals surface area (Å²) < 4.78 is 5.12. The molecule has 0 atom stereocenters. The number of carbonyl (C=O) groups is 2. The molecule has 6 heteroatoms. The largest absolute Gasteiger partial charge is 0.463 e. The fraction of sp³-hybridized carbons (Fsp3) is 0.524. The van der Waals surface area contributed by atoms with Crippen molar-refractivity contribution in [2.45, 2.75) is 32.6 Å². The monoisotopic (exact) mass is 371 g/mol. The zero-order valence-electron chi connectivity index (χ0n) is 16.0. The zero-order chi connectivity index (χ0) is 19.1. The summed E-state index contributed by atoms with van der Waals surface area (Å²) in [5, 5.41) is 5.45. The first-order valence-electron chi connectivity index (χ1n) is 9.86. The van der Waals surface area contributed by atoms with Gasteiger partial charge in [0.05, 0.1) is 18.7 Å². The second-order valence-corrected chi connectivity index (χ2v) is 7.23. The molecule has 6 nitrogen and oxygen atoms in total. The van der Waals surface area contributed by atoms with Gasteiger partial charge in [0.15, 0.2) is 0 Å². The predicted molar refractivity (Wildman–Crippen MR) is 104 cm³/mol. The zero-order valence-corrected chi connectivity index (χ0v) is 16.0. The van der Waals surface area contributed by atoms with E-state index in [9.17, 15) is 9.59 Å². The van der Waals surface area contributed by atoms with Crippen molar-refractivity contribution in [3.63, 3.8) is 0 Å². The minimum absolute atomic E-state index is 0.230. The van der Waals surface area contributed by atoms with E-state index in [1.165, 1.54) is 12.0 Å². The highest BCUT2D eigenvalue weighted by atomic mass is 16.5. The van der Waals surface area contributed by atoms with Gasteiger partial charge in [0.25, 0.3) is 0 Å². The van der Waals surface area contributed by atoms with Gasteiger partial charge in [-0.3, -0.25) is 4.90 Å². The Hall–Kier alpha value is -2.34. The third-order valence-electron chi connectivity index (χ3n) is 5.35.